The third kappa shape index (κ3) is 2.19. The highest BCUT2D eigenvalue weighted by molar-refractivity contribution is 4.84. The summed E-state index contributed by atoms with van der Waals surface area (Å²) < 4.78 is 5.55. The lowest BCUT2D eigenvalue weighted by Crippen LogP contribution is -1.96. The molecule has 2 rings (SSSR count). The van der Waals surface area contributed by atoms with Crippen LogP contribution in [0.1, 0.15) is 51.4 Å². The highest BCUT2D eigenvalue weighted by atomic mass is 16.6. The number of hydrogen-bond acceptors (Lipinski definition) is 1. The van der Waals surface area contributed by atoms with Crippen LogP contribution in [0.25, 0.3) is 0 Å². The second-order valence-electron chi connectivity index (χ2n) is 3.91. The fourth-order valence-corrected chi connectivity index (χ4v) is 2.09. The minimum Gasteiger partial charge on any atom is -0.370 e. The number of epoxide rings is 1. The van der Waals surface area contributed by atoms with Crippen molar-refractivity contribution in [1.82, 2.24) is 0 Å². The molecule has 1 nitrogen and oxygen atoms in total. The molecule has 2 aliphatic rings. The van der Waals surface area contributed by atoms with Crippen molar-refractivity contribution in [3.05, 3.63) is 0 Å². The van der Waals surface area contributed by atoms with Crippen LogP contribution in [0.3, 0.4) is 0 Å². The Kier molecular flexibility index (Phi) is 2.47. The van der Waals surface area contributed by atoms with E-state index in [0.29, 0.717) is 12.2 Å². The highest BCUT2D eigenvalue weighted by Crippen LogP contribution is 2.32. The summed E-state index contributed by atoms with van der Waals surface area (Å²) >= 11 is 0. The Morgan fingerprint density at radius 2 is 1.09 bits per heavy atom. The summed E-state index contributed by atoms with van der Waals surface area (Å²) in [7, 11) is 0. The molecule has 1 aliphatic carbocycles. The zero-order valence-corrected chi connectivity index (χ0v) is 7.22. The number of fused-ring (bicyclic) bond motifs is 1. The van der Waals surface area contributed by atoms with Crippen LogP contribution in [0, 0.1) is 0 Å². The van der Waals surface area contributed by atoms with Crippen LogP contribution < -0.4 is 0 Å². The highest BCUT2D eigenvalue weighted by Gasteiger charge is 2.36. The zero-order valence-electron chi connectivity index (χ0n) is 7.22. The van der Waals surface area contributed by atoms with E-state index < -0.39 is 0 Å². The molecule has 1 saturated heterocycles. The lowest BCUT2D eigenvalue weighted by molar-refractivity contribution is 0.352. The van der Waals surface area contributed by atoms with Gasteiger partial charge in [-0.2, -0.15) is 0 Å². The maximum absolute atomic E-state index is 5.55. The van der Waals surface area contributed by atoms with Crippen molar-refractivity contribution >= 4 is 0 Å². The monoisotopic (exact) mass is 154 g/mol. The summed E-state index contributed by atoms with van der Waals surface area (Å²) in [6.07, 6.45) is 12.6. The predicted molar refractivity (Wildman–Crippen MR) is 45.6 cm³/mol. The van der Waals surface area contributed by atoms with Crippen molar-refractivity contribution in [2.45, 2.75) is 63.6 Å². The molecule has 2 atom stereocenters. The second kappa shape index (κ2) is 3.57. The van der Waals surface area contributed by atoms with E-state index in [1.165, 1.54) is 51.4 Å². The molecule has 0 aromatic heterocycles. The van der Waals surface area contributed by atoms with Gasteiger partial charge >= 0.3 is 0 Å². The summed E-state index contributed by atoms with van der Waals surface area (Å²) in [4.78, 5) is 0. The number of hydrogen-bond donors (Lipinski definition) is 0. The summed E-state index contributed by atoms with van der Waals surface area (Å²) in [6.45, 7) is 0. The lowest BCUT2D eigenvalue weighted by atomic mass is 10.0. The van der Waals surface area contributed by atoms with E-state index in [-0.39, 0.29) is 0 Å². The molecular weight excluding hydrogens is 136 g/mol. The molecule has 0 N–H and O–H groups in total. The molecule has 0 amide bonds. The van der Waals surface area contributed by atoms with Crippen LogP contribution in [0.5, 0.6) is 0 Å². The molecule has 0 aromatic carbocycles. The van der Waals surface area contributed by atoms with Gasteiger partial charge in [0.15, 0.2) is 0 Å². The molecular formula is C10H18O. The Hall–Kier alpha value is -0.0400. The van der Waals surface area contributed by atoms with Crippen molar-refractivity contribution in [2.75, 3.05) is 0 Å². The molecule has 0 spiro atoms. The summed E-state index contributed by atoms with van der Waals surface area (Å²) in [5.74, 6) is 0. The van der Waals surface area contributed by atoms with Gasteiger partial charge < -0.3 is 4.74 Å². The van der Waals surface area contributed by atoms with E-state index in [2.05, 4.69) is 0 Å². The van der Waals surface area contributed by atoms with E-state index in [9.17, 15) is 0 Å². The first kappa shape index (κ1) is 7.60. The standard InChI is InChI=1S/C10H18O/c1-2-4-6-8-10-9(11-10)7-5-3-1/h9-10H,1-8H2. The van der Waals surface area contributed by atoms with Gasteiger partial charge in [-0.1, -0.05) is 38.5 Å². The van der Waals surface area contributed by atoms with Crippen molar-refractivity contribution < 1.29 is 4.74 Å². The van der Waals surface area contributed by atoms with Crippen LogP contribution in [-0.4, -0.2) is 12.2 Å². The minimum absolute atomic E-state index is 0.674. The van der Waals surface area contributed by atoms with Gasteiger partial charge in [-0.15, -0.1) is 0 Å². The Labute approximate surface area is 69.1 Å². The first-order chi connectivity index (χ1) is 5.47. The fraction of sp³-hybridized carbons (Fsp3) is 1.00. The molecule has 1 aliphatic heterocycles. The summed E-state index contributed by atoms with van der Waals surface area (Å²) in [6, 6.07) is 0. The minimum atomic E-state index is 0.674. The molecule has 0 bridgehead atoms. The van der Waals surface area contributed by atoms with Crippen LogP contribution in [-0.2, 0) is 4.74 Å². The van der Waals surface area contributed by atoms with Gasteiger partial charge in [0, 0.05) is 0 Å². The summed E-state index contributed by atoms with van der Waals surface area (Å²) in [5.41, 5.74) is 0. The molecule has 11 heavy (non-hydrogen) atoms. The van der Waals surface area contributed by atoms with Gasteiger partial charge in [0.1, 0.15) is 0 Å². The average Bonchev–Trinajstić information content (AvgIpc) is 2.76. The van der Waals surface area contributed by atoms with Gasteiger partial charge in [0.25, 0.3) is 0 Å². The smallest absolute Gasteiger partial charge is 0.0841 e. The molecule has 1 heterocycles. The largest absolute Gasteiger partial charge is 0.370 e. The Morgan fingerprint density at radius 1 is 0.636 bits per heavy atom. The first-order valence-electron chi connectivity index (χ1n) is 5.12. The average molecular weight is 154 g/mol. The quantitative estimate of drug-likeness (QED) is 0.489. The van der Waals surface area contributed by atoms with E-state index in [1.807, 2.05) is 0 Å². The van der Waals surface area contributed by atoms with Crippen LogP contribution in [0.15, 0.2) is 0 Å². The Balaban J connectivity index is 1.72. The molecule has 0 radical (unpaired) electrons. The van der Waals surface area contributed by atoms with Gasteiger partial charge in [0.05, 0.1) is 12.2 Å². The van der Waals surface area contributed by atoms with Crippen LogP contribution in [0.2, 0.25) is 0 Å². The first-order valence-corrected chi connectivity index (χ1v) is 5.12. The number of rotatable bonds is 0. The predicted octanol–water partition coefficient (Wildman–Crippen LogP) is 2.89. The van der Waals surface area contributed by atoms with E-state index in [0.717, 1.165) is 0 Å². The van der Waals surface area contributed by atoms with E-state index in [1.54, 1.807) is 0 Å². The van der Waals surface area contributed by atoms with Gasteiger partial charge in [0.2, 0.25) is 0 Å². The Bertz CT molecular complexity index is 108. The van der Waals surface area contributed by atoms with Crippen LogP contribution >= 0.6 is 0 Å². The Morgan fingerprint density at radius 3 is 1.64 bits per heavy atom. The third-order valence-electron chi connectivity index (χ3n) is 2.91. The van der Waals surface area contributed by atoms with Crippen molar-refractivity contribution in [3.63, 3.8) is 0 Å². The molecule has 2 fully saturated rings. The van der Waals surface area contributed by atoms with Gasteiger partial charge in [-0.3, -0.25) is 0 Å². The molecule has 1 saturated carbocycles. The molecule has 0 aromatic rings. The maximum Gasteiger partial charge on any atom is 0.0841 e. The van der Waals surface area contributed by atoms with Crippen molar-refractivity contribution in [1.29, 1.82) is 0 Å². The number of ether oxygens (including phenoxy) is 1. The second-order valence-corrected chi connectivity index (χ2v) is 3.91. The summed E-state index contributed by atoms with van der Waals surface area (Å²) in [5, 5.41) is 0. The van der Waals surface area contributed by atoms with Crippen LogP contribution in [0.4, 0.5) is 0 Å². The SMILES string of the molecule is C1CCCCC2OC2CCC1. The fourth-order valence-electron chi connectivity index (χ4n) is 2.09. The molecule has 2 unspecified atom stereocenters. The third-order valence-corrected chi connectivity index (χ3v) is 2.91. The topological polar surface area (TPSA) is 12.5 Å². The van der Waals surface area contributed by atoms with Gasteiger partial charge in [-0.25, -0.2) is 0 Å². The molecule has 1 heteroatoms. The maximum atomic E-state index is 5.55. The van der Waals surface area contributed by atoms with Crippen molar-refractivity contribution in [3.8, 4) is 0 Å². The molecule has 64 valence electrons. The normalized spacial score (nSPS) is 39.3. The van der Waals surface area contributed by atoms with E-state index >= 15 is 0 Å². The lowest BCUT2D eigenvalue weighted by Gasteiger charge is -2.02. The van der Waals surface area contributed by atoms with Gasteiger partial charge in [-0.05, 0) is 12.8 Å². The van der Waals surface area contributed by atoms with Crippen molar-refractivity contribution in [2.24, 2.45) is 0 Å². The zero-order chi connectivity index (χ0) is 7.52. The van der Waals surface area contributed by atoms with E-state index in [4.69, 9.17) is 4.74 Å².